The molecule has 0 heterocycles. The van der Waals surface area contributed by atoms with Crippen LogP contribution < -0.4 is 0 Å². The minimum atomic E-state index is -2.15. The SMILES string of the molecule is C=CCN(CC=C)Cc1c(F)c(F)c(F)c(F)c1F. The molecule has 104 valence electrons. The van der Waals surface area contributed by atoms with Crippen molar-refractivity contribution in [3.63, 3.8) is 0 Å². The van der Waals surface area contributed by atoms with Crippen molar-refractivity contribution in [2.45, 2.75) is 6.54 Å². The number of nitrogens with zero attached hydrogens (tertiary/aromatic N) is 1. The molecular weight excluding hydrogens is 265 g/mol. The van der Waals surface area contributed by atoms with Gasteiger partial charge < -0.3 is 0 Å². The quantitative estimate of drug-likeness (QED) is 0.332. The predicted molar refractivity (Wildman–Crippen MR) is 61.9 cm³/mol. The second kappa shape index (κ2) is 6.47. The molecule has 0 N–H and O–H groups in total. The Morgan fingerprint density at radius 1 is 0.737 bits per heavy atom. The summed E-state index contributed by atoms with van der Waals surface area (Å²) in [5, 5.41) is 0. The van der Waals surface area contributed by atoms with E-state index in [1.54, 1.807) is 0 Å². The van der Waals surface area contributed by atoms with Crippen LogP contribution in [0.2, 0.25) is 0 Å². The smallest absolute Gasteiger partial charge is 0.200 e. The van der Waals surface area contributed by atoms with Crippen molar-refractivity contribution in [2.75, 3.05) is 13.1 Å². The zero-order chi connectivity index (χ0) is 14.6. The van der Waals surface area contributed by atoms with Crippen molar-refractivity contribution in [1.29, 1.82) is 0 Å². The molecule has 1 aromatic carbocycles. The van der Waals surface area contributed by atoms with Crippen LogP contribution in [0.4, 0.5) is 22.0 Å². The molecule has 1 nitrogen and oxygen atoms in total. The Hall–Kier alpha value is -1.69. The van der Waals surface area contributed by atoms with Gasteiger partial charge in [-0.05, 0) is 0 Å². The fraction of sp³-hybridized carbons (Fsp3) is 0.231. The first-order valence-electron chi connectivity index (χ1n) is 5.38. The van der Waals surface area contributed by atoms with Gasteiger partial charge in [0, 0.05) is 25.2 Å². The van der Waals surface area contributed by atoms with Gasteiger partial charge in [0.05, 0.1) is 0 Å². The number of benzene rings is 1. The lowest BCUT2D eigenvalue weighted by atomic mass is 10.1. The molecule has 1 rings (SSSR count). The standard InChI is InChI=1S/C13H12F5N/c1-3-5-19(6-4-2)7-8-9(14)11(16)13(18)12(17)10(8)15/h3-4H,1-2,5-7H2. The zero-order valence-corrected chi connectivity index (χ0v) is 10.0. The second-order valence-electron chi connectivity index (χ2n) is 3.82. The minimum Gasteiger partial charge on any atom is -0.292 e. The van der Waals surface area contributed by atoms with Crippen LogP contribution in [0.25, 0.3) is 0 Å². The van der Waals surface area contributed by atoms with Gasteiger partial charge in [-0.15, -0.1) is 13.2 Å². The predicted octanol–water partition coefficient (Wildman–Crippen LogP) is 3.56. The summed E-state index contributed by atoms with van der Waals surface area (Å²) in [6.45, 7) is 6.92. The van der Waals surface area contributed by atoms with Gasteiger partial charge in [0.15, 0.2) is 23.3 Å². The summed E-state index contributed by atoms with van der Waals surface area (Å²) in [4.78, 5) is 1.43. The largest absolute Gasteiger partial charge is 0.292 e. The number of halogens is 5. The van der Waals surface area contributed by atoms with E-state index in [1.807, 2.05) is 0 Å². The molecule has 0 atom stereocenters. The first-order valence-corrected chi connectivity index (χ1v) is 5.38. The highest BCUT2D eigenvalue weighted by Crippen LogP contribution is 2.24. The van der Waals surface area contributed by atoms with E-state index in [0.29, 0.717) is 0 Å². The fourth-order valence-corrected chi connectivity index (χ4v) is 1.58. The summed E-state index contributed by atoms with van der Waals surface area (Å²) < 4.78 is 65.8. The zero-order valence-electron chi connectivity index (χ0n) is 10.0. The van der Waals surface area contributed by atoms with Crippen molar-refractivity contribution >= 4 is 0 Å². The lowest BCUT2D eigenvalue weighted by molar-refractivity contribution is 0.299. The van der Waals surface area contributed by atoms with Gasteiger partial charge >= 0.3 is 0 Å². The molecule has 0 spiro atoms. The summed E-state index contributed by atoms with van der Waals surface area (Å²) in [5.74, 6) is -9.65. The van der Waals surface area contributed by atoms with Gasteiger partial charge in [0.25, 0.3) is 0 Å². The highest BCUT2D eigenvalue weighted by Gasteiger charge is 2.26. The minimum absolute atomic E-state index is 0.228. The van der Waals surface area contributed by atoms with Gasteiger partial charge in [-0.2, -0.15) is 0 Å². The van der Waals surface area contributed by atoms with E-state index in [0.717, 1.165) is 0 Å². The Bertz CT molecular complexity index is 459. The van der Waals surface area contributed by atoms with Crippen LogP contribution in [-0.4, -0.2) is 18.0 Å². The van der Waals surface area contributed by atoms with Gasteiger partial charge in [0.1, 0.15) is 0 Å². The van der Waals surface area contributed by atoms with Gasteiger partial charge in [-0.1, -0.05) is 12.2 Å². The van der Waals surface area contributed by atoms with Crippen molar-refractivity contribution in [1.82, 2.24) is 4.90 Å². The van der Waals surface area contributed by atoms with Crippen LogP contribution in [0.3, 0.4) is 0 Å². The van der Waals surface area contributed by atoms with E-state index >= 15 is 0 Å². The summed E-state index contributed by atoms with van der Waals surface area (Å²) in [7, 11) is 0. The maximum absolute atomic E-state index is 13.4. The average molecular weight is 277 g/mol. The van der Waals surface area contributed by atoms with Gasteiger partial charge in [-0.25, -0.2) is 22.0 Å². The highest BCUT2D eigenvalue weighted by atomic mass is 19.2. The van der Waals surface area contributed by atoms with E-state index in [1.165, 1.54) is 17.1 Å². The van der Waals surface area contributed by atoms with Crippen molar-refractivity contribution in [2.24, 2.45) is 0 Å². The Balaban J connectivity index is 3.19. The molecule has 0 fully saturated rings. The lowest BCUT2D eigenvalue weighted by Crippen LogP contribution is -2.25. The molecule has 0 unspecified atom stereocenters. The van der Waals surface area contributed by atoms with Crippen molar-refractivity contribution in [3.05, 3.63) is 60.0 Å². The summed E-state index contributed by atoms with van der Waals surface area (Å²) in [5.41, 5.74) is -0.861. The van der Waals surface area contributed by atoms with Crippen LogP contribution >= 0.6 is 0 Å². The van der Waals surface area contributed by atoms with Gasteiger partial charge in [0.2, 0.25) is 5.82 Å². The molecule has 6 heteroatoms. The summed E-state index contributed by atoms with van der Waals surface area (Å²) in [6.07, 6.45) is 2.91. The van der Waals surface area contributed by atoms with E-state index in [2.05, 4.69) is 13.2 Å². The van der Waals surface area contributed by atoms with E-state index in [4.69, 9.17) is 0 Å². The Kier molecular flexibility index (Phi) is 5.23. The molecule has 0 aliphatic rings. The Morgan fingerprint density at radius 3 is 1.47 bits per heavy atom. The topological polar surface area (TPSA) is 3.24 Å². The molecule has 0 saturated heterocycles. The maximum atomic E-state index is 13.4. The first kappa shape index (κ1) is 15.4. The molecule has 1 aromatic rings. The molecule has 0 amide bonds. The molecular formula is C13H12F5N. The highest BCUT2D eigenvalue weighted by molar-refractivity contribution is 5.24. The normalized spacial score (nSPS) is 10.8. The Labute approximate surface area is 107 Å². The van der Waals surface area contributed by atoms with E-state index in [9.17, 15) is 22.0 Å². The summed E-state index contributed by atoms with van der Waals surface area (Å²) >= 11 is 0. The first-order chi connectivity index (χ1) is 8.93. The molecule has 0 aliphatic carbocycles. The van der Waals surface area contributed by atoms with Crippen LogP contribution in [0.5, 0.6) is 0 Å². The van der Waals surface area contributed by atoms with Gasteiger partial charge in [-0.3, -0.25) is 4.90 Å². The molecule has 0 radical (unpaired) electrons. The third-order valence-electron chi connectivity index (χ3n) is 2.46. The maximum Gasteiger partial charge on any atom is 0.200 e. The number of hydrogen-bond acceptors (Lipinski definition) is 1. The third-order valence-corrected chi connectivity index (χ3v) is 2.46. The van der Waals surface area contributed by atoms with Crippen LogP contribution in [0.15, 0.2) is 25.3 Å². The monoisotopic (exact) mass is 277 g/mol. The van der Waals surface area contributed by atoms with Crippen LogP contribution in [0.1, 0.15) is 5.56 Å². The summed E-state index contributed by atoms with van der Waals surface area (Å²) in [6, 6.07) is 0. The van der Waals surface area contributed by atoms with Crippen LogP contribution in [-0.2, 0) is 6.54 Å². The third kappa shape index (κ3) is 3.20. The molecule has 19 heavy (non-hydrogen) atoms. The average Bonchev–Trinajstić information content (AvgIpc) is 2.39. The van der Waals surface area contributed by atoms with E-state index in [-0.39, 0.29) is 13.1 Å². The van der Waals surface area contributed by atoms with Crippen molar-refractivity contribution in [3.8, 4) is 0 Å². The van der Waals surface area contributed by atoms with Crippen LogP contribution in [0, 0.1) is 29.1 Å². The number of rotatable bonds is 6. The molecule has 0 aromatic heterocycles. The molecule has 0 bridgehead atoms. The second-order valence-corrected chi connectivity index (χ2v) is 3.82. The Morgan fingerprint density at radius 2 is 1.11 bits per heavy atom. The molecule has 0 aliphatic heterocycles. The molecule has 0 saturated carbocycles. The fourth-order valence-electron chi connectivity index (χ4n) is 1.58. The lowest BCUT2D eigenvalue weighted by Gasteiger charge is -2.19. The van der Waals surface area contributed by atoms with E-state index < -0.39 is 41.2 Å². The number of hydrogen-bond donors (Lipinski definition) is 0. The van der Waals surface area contributed by atoms with Crippen molar-refractivity contribution < 1.29 is 22.0 Å².